The number of nitrogens with one attached hydrogen (secondary N) is 2. The van der Waals surface area contributed by atoms with E-state index in [0.29, 0.717) is 10.9 Å². The van der Waals surface area contributed by atoms with Gasteiger partial charge in [0.2, 0.25) is 10.9 Å². The van der Waals surface area contributed by atoms with E-state index in [2.05, 4.69) is 83.4 Å². The van der Waals surface area contributed by atoms with E-state index in [1.165, 1.54) is 4.90 Å². The summed E-state index contributed by atoms with van der Waals surface area (Å²) in [7, 11) is -1.60. The number of carbonyl (C=O) groups excluding carboxylic acids is 1. The van der Waals surface area contributed by atoms with Gasteiger partial charge in [-0.1, -0.05) is 156 Å². The Balaban J connectivity index is 0.000000301. The highest BCUT2D eigenvalue weighted by Crippen LogP contribution is 2.64. The summed E-state index contributed by atoms with van der Waals surface area (Å²) in [6.45, 7) is -0.366. The molecule has 0 saturated carbocycles. The molecule has 13 heteroatoms. The second-order valence-corrected chi connectivity index (χ2v) is 21.1. The van der Waals surface area contributed by atoms with Crippen molar-refractivity contribution in [2.75, 3.05) is 27.3 Å². The van der Waals surface area contributed by atoms with Gasteiger partial charge < -0.3 is 35.0 Å². The zero-order valence-corrected chi connectivity index (χ0v) is 38.0. The molecular weight excluding hydrogens is 892 g/mol. The lowest BCUT2D eigenvalue weighted by Gasteiger charge is -2.30. The zero-order chi connectivity index (χ0) is 40.0. The predicted octanol–water partition coefficient (Wildman–Crippen LogP) is 4.01. The van der Waals surface area contributed by atoms with Crippen LogP contribution in [0.5, 0.6) is 0 Å². The molecule has 2 N–H and O–H groups in total. The molecule has 4 nitrogen and oxygen atoms in total. The molecule has 6 rings (SSSR count). The van der Waals surface area contributed by atoms with Gasteiger partial charge in [0.05, 0.1) is 0 Å². The molecule has 0 aliphatic heterocycles. The van der Waals surface area contributed by atoms with E-state index in [1.807, 2.05) is 109 Å². The minimum absolute atomic E-state index is 0. The summed E-state index contributed by atoms with van der Waals surface area (Å²) in [6.07, 6.45) is 0. The first-order valence-corrected chi connectivity index (χ1v) is 22.8. The van der Waals surface area contributed by atoms with Crippen LogP contribution in [-0.2, 0) is 0 Å². The molecule has 0 atom stereocenters. The molecule has 0 aliphatic rings. The van der Waals surface area contributed by atoms with E-state index in [9.17, 15) is 9.18 Å². The number of halogens is 7. The fourth-order valence-electron chi connectivity index (χ4n) is 6.53. The SMILES string of the molecule is CN(C)C(=O)NC(=C(Cl)Cl)[P+](c1ccccc1)(c1ccccc1)c1ccccc1.FCCNC(=C(Cl)Cl)[P+](c1ccccc1)(c1ccccc1)c1ccccc1.[Cl-].[Cl-]. The zero-order valence-electron chi connectivity index (χ0n) is 31.6. The quantitative estimate of drug-likeness (QED) is 0.183. The van der Waals surface area contributed by atoms with E-state index >= 15 is 0 Å². The number of alkyl halides is 1. The molecular formula is C45H42Cl6FN3OP2. The van der Waals surface area contributed by atoms with Crippen molar-refractivity contribution in [1.82, 2.24) is 15.5 Å². The lowest BCUT2D eigenvalue weighted by Crippen LogP contribution is -3.00. The summed E-state index contributed by atoms with van der Waals surface area (Å²) in [5, 5.41) is 12.6. The number of rotatable bonds is 12. The average Bonchev–Trinajstić information content (AvgIpc) is 3.24. The van der Waals surface area contributed by atoms with Gasteiger partial charge in [0, 0.05) is 20.6 Å². The predicted molar refractivity (Wildman–Crippen MR) is 244 cm³/mol. The highest BCUT2D eigenvalue weighted by atomic mass is 35.5. The van der Waals surface area contributed by atoms with Crippen LogP contribution >= 0.6 is 60.9 Å². The van der Waals surface area contributed by atoms with Gasteiger partial charge in [-0.15, -0.1) is 0 Å². The molecule has 0 saturated heterocycles. The number of hydrogen-bond donors (Lipinski definition) is 2. The fourth-order valence-corrected chi connectivity index (χ4v) is 16.5. The van der Waals surface area contributed by atoms with Crippen LogP contribution < -0.4 is 67.3 Å². The standard InChI is InChI=1S/C23H21Cl2N2OP.C22H20Cl2FNP.2ClH/c1-27(2)23(28)26-22(21(24)25)29(18-12-6-3-7-13-18,19-14-8-4-9-15-19)20-16-10-5-11-17-20;23-21(24)22(26-17-16-25)27(18-10-4-1-5-11-18,19-12-6-2-7-13-19)20-14-8-3-9-15-20;;/h3-17H,1-2H3;1-15,26H,16-17H2;2*1H/q;+1;;/p-1. The smallest absolute Gasteiger partial charge is 0.323 e. The Labute approximate surface area is 375 Å². The van der Waals surface area contributed by atoms with Crippen LogP contribution in [0.1, 0.15) is 0 Å². The van der Waals surface area contributed by atoms with Crippen molar-refractivity contribution in [2.45, 2.75) is 0 Å². The van der Waals surface area contributed by atoms with Gasteiger partial charge >= 0.3 is 6.03 Å². The van der Waals surface area contributed by atoms with Crippen molar-refractivity contribution < 1.29 is 34.0 Å². The number of urea groups is 1. The third-order valence-corrected chi connectivity index (χ3v) is 18.7. The number of benzene rings is 6. The molecule has 0 aromatic heterocycles. The third kappa shape index (κ3) is 11.0. The van der Waals surface area contributed by atoms with Gasteiger partial charge in [-0.25, -0.2) is 9.18 Å². The Morgan fingerprint density at radius 1 is 0.483 bits per heavy atom. The van der Waals surface area contributed by atoms with Crippen LogP contribution in [0.25, 0.3) is 0 Å². The van der Waals surface area contributed by atoms with E-state index in [4.69, 9.17) is 46.4 Å². The van der Waals surface area contributed by atoms with Crippen molar-refractivity contribution in [1.29, 1.82) is 0 Å². The van der Waals surface area contributed by atoms with Crippen molar-refractivity contribution in [3.63, 3.8) is 0 Å². The Kier molecular flexibility index (Phi) is 20.1. The molecule has 0 unspecified atom stereocenters. The van der Waals surface area contributed by atoms with Crippen molar-refractivity contribution in [3.05, 3.63) is 202 Å². The largest absolute Gasteiger partial charge is 1.00 e. The fraction of sp³-hybridized carbons (Fsp3) is 0.0889. The van der Waals surface area contributed by atoms with Gasteiger partial charge in [-0.2, -0.15) is 0 Å². The van der Waals surface area contributed by atoms with Gasteiger partial charge in [0.15, 0.2) is 23.5 Å². The van der Waals surface area contributed by atoms with E-state index in [-0.39, 0.29) is 46.4 Å². The van der Waals surface area contributed by atoms with Crippen LogP contribution in [-0.4, -0.2) is 38.2 Å². The molecule has 0 fully saturated rings. The lowest BCUT2D eigenvalue weighted by atomic mass is 10.4. The maximum Gasteiger partial charge on any atom is 0.323 e. The molecule has 0 bridgehead atoms. The normalized spacial score (nSPS) is 10.6. The summed E-state index contributed by atoms with van der Waals surface area (Å²) >= 11 is 25.7. The molecule has 2 amide bonds. The summed E-state index contributed by atoms with van der Waals surface area (Å²) in [5.74, 6) is 0. The van der Waals surface area contributed by atoms with Gasteiger partial charge in [0.25, 0.3) is 0 Å². The molecule has 0 spiro atoms. The van der Waals surface area contributed by atoms with Crippen LogP contribution in [0, 0.1) is 0 Å². The first-order valence-electron chi connectivity index (χ1n) is 17.7. The number of carbonyl (C=O) groups is 1. The third-order valence-electron chi connectivity index (χ3n) is 8.91. The summed E-state index contributed by atoms with van der Waals surface area (Å²) in [6, 6.07) is 60.4. The second kappa shape index (κ2) is 23.9. The van der Waals surface area contributed by atoms with E-state index in [0.717, 1.165) is 31.8 Å². The summed E-state index contributed by atoms with van der Waals surface area (Å²) in [4.78, 5) is 14.1. The first kappa shape index (κ1) is 48.8. The van der Waals surface area contributed by atoms with Gasteiger partial charge in [-0.05, 0) is 72.8 Å². The summed E-state index contributed by atoms with van der Waals surface area (Å²) in [5.41, 5.74) is 1.19. The maximum atomic E-state index is 13.1. The molecule has 58 heavy (non-hydrogen) atoms. The molecule has 6 aromatic carbocycles. The first-order chi connectivity index (χ1) is 27.2. The van der Waals surface area contributed by atoms with E-state index in [1.54, 1.807) is 14.1 Å². The monoisotopic (exact) mass is 931 g/mol. The number of hydrogen-bond acceptors (Lipinski definition) is 2. The Hall–Kier alpha value is -3.60. The lowest BCUT2D eigenvalue weighted by molar-refractivity contribution is -0.00100. The Morgan fingerprint density at radius 2 is 0.724 bits per heavy atom. The van der Waals surface area contributed by atoms with Crippen molar-refractivity contribution >= 4 is 98.8 Å². The Bertz CT molecular complexity index is 2010. The highest BCUT2D eigenvalue weighted by Gasteiger charge is 2.53. The molecule has 0 aliphatic carbocycles. The maximum absolute atomic E-state index is 13.1. The minimum atomic E-state index is -2.56. The molecule has 6 aromatic rings. The van der Waals surface area contributed by atoms with Crippen molar-refractivity contribution in [2.24, 2.45) is 0 Å². The van der Waals surface area contributed by atoms with Crippen LogP contribution in [0.3, 0.4) is 0 Å². The summed E-state index contributed by atoms with van der Waals surface area (Å²) < 4.78 is 13.2. The Morgan fingerprint density at radius 3 is 0.931 bits per heavy atom. The minimum Gasteiger partial charge on any atom is -1.00 e. The molecule has 0 radical (unpaired) electrons. The second-order valence-electron chi connectivity index (χ2n) is 12.5. The number of amides is 2. The van der Waals surface area contributed by atoms with Crippen molar-refractivity contribution in [3.8, 4) is 0 Å². The van der Waals surface area contributed by atoms with Crippen LogP contribution in [0.4, 0.5) is 9.18 Å². The molecule has 302 valence electrons. The highest BCUT2D eigenvalue weighted by molar-refractivity contribution is 7.99. The average molecular weight is 935 g/mol. The van der Waals surface area contributed by atoms with Gasteiger partial charge in [0.1, 0.15) is 38.5 Å². The molecule has 0 heterocycles. The van der Waals surface area contributed by atoms with Gasteiger partial charge in [-0.3, -0.25) is 5.32 Å². The van der Waals surface area contributed by atoms with Crippen LogP contribution in [0.15, 0.2) is 202 Å². The van der Waals surface area contributed by atoms with Crippen LogP contribution in [0.2, 0.25) is 0 Å². The van der Waals surface area contributed by atoms with E-state index < -0.39 is 21.2 Å². The topological polar surface area (TPSA) is 44.4 Å². The number of nitrogens with zero attached hydrogens (tertiary/aromatic N) is 1.